The van der Waals surface area contributed by atoms with Crippen molar-refractivity contribution in [3.63, 3.8) is 0 Å². The van der Waals surface area contributed by atoms with Crippen molar-refractivity contribution in [3.8, 4) is 44.5 Å². The molecule has 0 heterocycles. The van der Waals surface area contributed by atoms with Crippen LogP contribution in [0.15, 0.2) is 127 Å². The summed E-state index contributed by atoms with van der Waals surface area (Å²) >= 11 is 0. The number of nitrogens with two attached hydrogens (primary N) is 1. The highest BCUT2D eigenvalue weighted by molar-refractivity contribution is 6.05. The van der Waals surface area contributed by atoms with Gasteiger partial charge in [-0.2, -0.15) is 0 Å². The molecular formula is C45H39N2O+. The summed E-state index contributed by atoms with van der Waals surface area (Å²) in [6, 6.07) is 45.2. The van der Waals surface area contributed by atoms with Gasteiger partial charge in [0, 0.05) is 16.4 Å². The monoisotopic (exact) mass is 623 g/mol. The lowest BCUT2D eigenvalue weighted by Crippen LogP contribution is -2.43. The van der Waals surface area contributed by atoms with E-state index in [9.17, 15) is 0 Å². The second-order valence-corrected chi connectivity index (χ2v) is 14.3. The first-order chi connectivity index (χ1) is 23.0. The van der Waals surface area contributed by atoms with Gasteiger partial charge >= 0.3 is 5.90 Å². The molecule has 234 valence electrons. The van der Waals surface area contributed by atoms with Crippen molar-refractivity contribution < 1.29 is 10.1 Å². The minimum absolute atomic E-state index is 0.0129. The average Bonchev–Trinajstić information content (AvgIpc) is 3.47. The Balaban J connectivity index is 1.24. The van der Waals surface area contributed by atoms with Gasteiger partial charge in [-0.25, -0.2) is 5.41 Å². The number of ether oxygens (including phenoxy) is 1. The van der Waals surface area contributed by atoms with Gasteiger partial charge in [0.05, 0.1) is 5.56 Å². The van der Waals surface area contributed by atoms with E-state index in [1.807, 2.05) is 31.2 Å². The highest BCUT2D eigenvalue weighted by Crippen LogP contribution is 2.51. The van der Waals surface area contributed by atoms with E-state index in [1.54, 1.807) is 0 Å². The lowest BCUT2D eigenvalue weighted by atomic mass is 9.81. The normalized spacial score (nSPS) is 14.4. The zero-order valence-corrected chi connectivity index (χ0v) is 28.1. The molecule has 0 saturated carbocycles. The first kappa shape index (κ1) is 29.8. The van der Waals surface area contributed by atoms with Crippen molar-refractivity contribution in [1.82, 2.24) is 0 Å². The van der Waals surface area contributed by atoms with E-state index >= 15 is 0 Å². The minimum atomic E-state index is -0.115. The van der Waals surface area contributed by atoms with Crippen LogP contribution in [0.25, 0.3) is 44.5 Å². The standard InChI is InChI=1S/C45H38N2O/c1-27-14-16-28(17-15-27)42(46)48-43(47)33-23-31(29-18-20-36-34-10-6-8-12-38(34)44(2,3)40(36)25-29)22-32(24-33)30-19-21-37-35-11-7-9-13-39(35)45(4,5)41(37)26-30/h6-26,46-47H,1-5H3/p+1. The lowest BCUT2D eigenvalue weighted by molar-refractivity contribution is -0.130. The molecule has 0 radical (unpaired) electrons. The maximum atomic E-state index is 9.09. The van der Waals surface area contributed by atoms with Crippen LogP contribution in [0.1, 0.15) is 66.6 Å². The van der Waals surface area contributed by atoms with E-state index in [0.29, 0.717) is 5.56 Å². The van der Waals surface area contributed by atoms with E-state index in [2.05, 4.69) is 131 Å². The third-order valence-corrected chi connectivity index (χ3v) is 10.6. The summed E-state index contributed by atoms with van der Waals surface area (Å²) in [5, 5.41) is 15.5. The molecule has 0 bridgehead atoms. The zero-order chi connectivity index (χ0) is 33.4. The van der Waals surface area contributed by atoms with Crippen LogP contribution in [0.5, 0.6) is 0 Å². The molecule has 6 aromatic rings. The van der Waals surface area contributed by atoms with Crippen molar-refractivity contribution >= 4 is 11.8 Å². The fourth-order valence-electron chi connectivity index (χ4n) is 7.81. The lowest BCUT2D eigenvalue weighted by Gasteiger charge is -2.22. The van der Waals surface area contributed by atoms with Crippen molar-refractivity contribution in [2.45, 2.75) is 45.4 Å². The molecule has 48 heavy (non-hydrogen) atoms. The van der Waals surface area contributed by atoms with Gasteiger partial charge in [-0.3, -0.25) is 5.41 Å². The molecule has 2 aliphatic rings. The van der Waals surface area contributed by atoms with E-state index in [-0.39, 0.29) is 22.6 Å². The predicted octanol–water partition coefficient (Wildman–Crippen LogP) is 9.49. The van der Waals surface area contributed by atoms with Gasteiger partial charge in [-0.1, -0.05) is 118 Å². The summed E-state index contributed by atoms with van der Waals surface area (Å²) < 4.78 is 6.02. The summed E-state index contributed by atoms with van der Waals surface area (Å²) in [7, 11) is 0. The molecule has 0 saturated heterocycles. The summed E-state index contributed by atoms with van der Waals surface area (Å²) in [4.78, 5) is 0. The van der Waals surface area contributed by atoms with Crippen LogP contribution in [0.2, 0.25) is 0 Å². The van der Waals surface area contributed by atoms with Crippen molar-refractivity contribution in [1.29, 1.82) is 5.41 Å². The number of fused-ring (bicyclic) bond motifs is 6. The maximum absolute atomic E-state index is 9.09. The Kier molecular flexibility index (Phi) is 6.68. The number of hydrogen-bond acceptors (Lipinski definition) is 2. The van der Waals surface area contributed by atoms with Crippen LogP contribution in [-0.4, -0.2) is 11.8 Å². The van der Waals surface area contributed by atoms with Crippen LogP contribution in [0.4, 0.5) is 0 Å². The SMILES string of the molecule is Cc1ccc(C(=[NH2+])OC(=N)c2cc(-c3ccc4c(c3)C(C)(C)c3ccccc3-4)cc(-c3ccc4c(c3)C(C)(C)c3ccccc3-4)c2)cc1. The molecule has 0 unspecified atom stereocenters. The quantitative estimate of drug-likeness (QED) is 0.149. The van der Waals surface area contributed by atoms with Gasteiger partial charge in [0.25, 0.3) is 0 Å². The number of rotatable bonds is 4. The van der Waals surface area contributed by atoms with Gasteiger partial charge in [0.2, 0.25) is 5.90 Å². The molecule has 0 fully saturated rings. The van der Waals surface area contributed by atoms with Crippen LogP contribution in [0.3, 0.4) is 0 Å². The molecule has 0 spiro atoms. The molecule has 8 rings (SSSR count). The Morgan fingerprint density at radius 2 is 0.958 bits per heavy atom. The number of hydrogen-bond donors (Lipinski definition) is 2. The predicted molar refractivity (Wildman–Crippen MR) is 198 cm³/mol. The van der Waals surface area contributed by atoms with Crippen LogP contribution in [0, 0.1) is 12.3 Å². The Bertz CT molecular complexity index is 2180. The van der Waals surface area contributed by atoms with Crippen molar-refractivity contribution in [2.75, 3.05) is 0 Å². The Hall–Kier alpha value is -5.54. The summed E-state index contributed by atoms with van der Waals surface area (Å²) in [6.07, 6.45) is 0. The third kappa shape index (κ3) is 4.65. The second kappa shape index (κ2) is 10.7. The average molecular weight is 624 g/mol. The van der Waals surface area contributed by atoms with Crippen molar-refractivity contribution in [3.05, 3.63) is 166 Å². The molecule has 6 aromatic carbocycles. The second-order valence-electron chi connectivity index (χ2n) is 14.3. The fourth-order valence-corrected chi connectivity index (χ4v) is 7.81. The Labute approximate surface area is 282 Å². The van der Waals surface area contributed by atoms with Gasteiger partial charge in [0.15, 0.2) is 0 Å². The van der Waals surface area contributed by atoms with Crippen LogP contribution in [-0.2, 0) is 15.6 Å². The molecule has 3 nitrogen and oxygen atoms in total. The number of nitrogens with one attached hydrogen (secondary N) is 1. The smallest absolute Gasteiger partial charge is 0.373 e. The first-order valence-electron chi connectivity index (χ1n) is 16.6. The van der Waals surface area contributed by atoms with Crippen LogP contribution < -0.4 is 5.41 Å². The van der Waals surface area contributed by atoms with Gasteiger partial charge in [-0.05, 0) is 116 Å². The van der Waals surface area contributed by atoms with Crippen molar-refractivity contribution in [2.24, 2.45) is 0 Å². The van der Waals surface area contributed by atoms with Gasteiger partial charge in [-0.15, -0.1) is 0 Å². The van der Waals surface area contributed by atoms with E-state index in [0.717, 1.165) is 33.4 Å². The van der Waals surface area contributed by atoms with Crippen LogP contribution >= 0.6 is 0 Å². The Morgan fingerprint density at radius 1 is 0.500 bits per heavy atom. The summed E-state index contributed by atoms with van der Waals surface area (Å²) in [5.41, 5.74) is 17.1. The molecule has 3 N–H and O–H groups in total. The van der Waals surface area contributed by atoms with Gasteiger partial charge in [0.1, 0.15) is 0 Å². The molecule has 0 aliphatic heterocycles. The summed E-state index contributed by atoms with van der Waals surface area (Å²) in [6.45, 7) is 11.3. The fraction of sp³-hybridized carbons (Fsp3) is 0.156. The third-order valence-electron chi connectivity index (χ3n) is 10.6. The molecule has 0 atom stereocenters. The topological polar surface area (TPSA) is 58.7 Å². The Morgan fingerprint density at radius 3 is 1.46 bits per heavy atom. The number of benzene rings is 6. The van der Waals surface area contributed by atoms with E-state index < -0.39 is 0 Å². The molecule has 0 aromatic heterocycles. The number of aryl methyl sites for hydroxylation is 1. The highest BCUT2D eigenvalue weighted by atomic mass is 16.5. The molecule has 0 amide bonds. The van der Waals surface area contributed by atoms with E-state index in [1.165, 1.54) is 44.5 Å². The molecule has 3 heteroatoms. The zero-order valence-electron chi connectivity index (χ0n) is 28.1. The molecule has 2 aliphatic carbocycles. The van der Waals surface area contributed by atoms with E-state index in [4.69, 9.17) is 15.6 Å². The largest absolute Gasteiger partial charge is 0.386 e. The maximum Gasteiger partial charge on any atom is 0.373 e. The summed E-state index contributed by atoms with van der Waals surface area (Å²) in [5.74, 6) is 0.222. The first-order valence-corrected chi connectivity index (χ1v) is 16.6. The molecular weight excluding hydrogens is 585 g/mol. The van der Waals surface area contributed by atoms with Gasteiger partial charge < -0.3 is 4.74 Å². The minimum Gasteiger partial charge on any atom is -0.386 e. The highest BCUT2D eigenvalue weighted by Gasteiger charge is 2.36.